The Morgan fingerprint density at radius 2 is 1.97 bits per heavy atom. The van der Waals surface area contributed by atoms with Gasteiger partial charge in [0.2, 0.25) is 0 Å². The van der Waals surface area contributed by atoms with Crippen molar-refractivity contribution in [1.29, 1.82) is 0 Å². The molecule has 2 heterocycles. The average Bonchev–Trinajstić information content (AvgIpc) is 3.51. The van der Waals surface area contributed by atoms with Crippen LogP contribution in [0.5, 0.6) is 0 Å². The average molecular weight is 452 g/mol. The maximum Gasteiger partial charge on any atom is 0.252 e. The minimum Gasteiger partial charge on any atom is -0.390 e. The Bertz CT molecular complexity index is 1220. The van der Waals surface area contributed by atoms with Crippen LogP contribution in [0.25, 0.3) is 22.5 Å². The van der Waals surface area contributed by atoms with Crippen molar-refractivity contribution in [2.24, 2.45) is 5.73 Å². The molecule has 0 aliphatic heterocycles. The standard InChI is InChI=1S/C23H22F2N6O2/c24-15-7-5-14(6-8-15)18-11-19(30-29-18)22-16(3-1-4-17(22)25)23(33)28-20(21(32)12-26)13-31-10-2-9-27-31/h1-11,20-21,32H,12-13,26H2,(H,28,33)(H,29,30). The third-order valence-corrected chi connectivity index (χ3v) is 5.21. The van der Waals surface area contributed by atoms with Crippen LogP contribution in [-0.4, -0.2) is 49.7 Å². The van der Waals surface area contributed by atoms with Crippen LogP contribution >= 0.6 is 0 Å². The number of carbonyl (C=O) groups is 1. The lowest BCUT2D eigenvalue weighted by Gasteiger charge is -2.23. The number of nitrogens with two attached hydrogens (primary N) is 1. The van der Waals surface area contributed by atoms with E-state index in [4.69, 9.17) is 5.73 Å². The van der Waals surface area contributed by atoms with Gasteiger partial charge >= 0.3 is 0 Å². The van der Waals surface area contributed by atoms with E-state index in [1.54, 1.807) is 41.3 Å². The van der Waals surface area contributed by atoms with Gasteiger partial charge in [-0.1, -0.05) is 6.07 Å². The highest BCUT2D eigenvalue weighted by molar-refractivity contribution is 6.01. The molecule has 0 aliphatic carbocycles. The zero-order valence-electron chi connectivity index (χ0n) is 17.5. The first kappa shape index (κ1) is 22.3. The summed E-state index contributed by atoms with van der Waals surface area (Å²) in [5.74, 6) is -1.60. The molecule has 0 radical (unpaired) electrons. The molecule has 8 nitrogen and oxygen atoms in total. The first-order chi connectivity index (χ1) is 16.0. The fraction of sp³-hybridized carbons (Fsp3) is 0.174. The van der Waals surface area contributed by atoms with Crippen LogP contribution in [0.15, 0.2) is 67.0 Å². The number of H-pyrrole nitrogens is 1. The van der Waals surface area contributed by atoms with Crippen LogP contribution in [0.2, 0.25) is 0 Å². The molecule has 4 rings (SSSR count). The number of hydrogen-bond acceptors (Lipinski definition) is 5. The number of aromatic amines is 1. The summed E-state index contributed by atoms with van der Waals surface area (Å²) >= 11 is 0. The number of aliphatic hydroxyl groups is 1. The van der Waals surface area contributed by atoms with Crippen molar-refractivity contribution >= 4 is 5.91 Å². The van der Waals surface area contributed by atoms with E-state index in [-0.39, 0.29) is 35.7 Å². The van der Waals surface area contributed by atoms with Gasteiger partial charge in [-0.3, -0.25) is 14.6 Å². The van der Waals surface area contributed by atoms with Gasteiger partial charge in [0, 0.05) is 30.1 Å². The van der Waals surface area contributed by atoms with Crippen molar-refractivity contribution in [2.45, 2.75) is 18.7 Å². The zero-order chi connectivity index (χ0) is 23.4. The van der Waals surface area contributed by atoms with Gasteiger partial charge in [-0.15, -0.1) is 0 Å². The summed E-state index contributed by atoms with van der Waals surface area (Å²) in [5.41, 5.74) is 7.06. The van der Waals surface area contributed by atoms with E-state index in [0.717, 1.165) is 0 Å². The molecule has 0 saturated heterocycles. The Morgan fingerprint density at radius 3 is 2.67 bits per heavy atom. The van der Waals surface area contributed by atoms with Gasteiger partial charge in [0.15, 0.2) is 0 Å². The Hall–Kier alpha value is -3.89. The number of aromatic nitrogens is 4. The van der Waals surface area contributed by atoms with Crippen LogP contribution < -0.4 is 11.1 Å². The molecule has 0 saturated carbocycles. The molecule has 33 heavy (non-hydrogen) atoms. The molecule has 0 fully saturated rings. The van der Waals surface area contributed by atoms with Crippen LogP contribution in [-0.2, 0) is 6.54 Å². The van der Waals surface area contributed by atoms with E-state index in [9.17, 15) is 18.7 Å². The first-order valence-electron chi connectivity index (χ1n) is 10.2. The topological polar surface area (TPSA) is 122 Å². The summed E-state index contributed by atoms with van der Waals surface area (Å²) in [6.45, 7) is 0.102. The van der Waals surface area contributed by atoms with E-state index in [1.807, 2.05) is 0 Å². The lowest BCUT2D eigenvalue weighted by molar-refractivity contribution is 0.0820. The van der Waals surface area contributed by atoms with Gasteiger partial charge in [-0.2, -0.15) is 10.2 Å². The fourth-order valence-electron chi connectivity index (χ4n) is 3.49. The molecule has 2 unspecified atom stereocenters. The smallest absolute Gasteiger partial charge is 0.252 e. The third-order valence-electron chi connectivity index (χ3n) is 5.21. The van der Waals surface area contributed by atoms with Crippen molar-refractivity contribution in [1.82, 2.24) is 25.3 Å². The molecular formula is C23H22F2N6O2. The van der Waals surface area contributed by atoms with E-state index in [1.165, 1.54) is 30.3 Å². The third kappa shape index (κ3) is 4.97. The number of nitrogens with one attached hydrogen (secondary N) is 2. The Labute approximate surface area is 188 Å². The van der Waals surface area contributed by atoms with Gasteiger partial charge in [-0.05, 0) is 48.5 Å². The Morgan fingerprint density at radius 1 is 1.18 bits per heavy atom. The highest BCUT2D eigenvalue weighted by Crippen LogP contribution is 2.29. The normalized spacial score (nSPS) is 13.0. The molecule has 2 atom stereocenters. The summed E-state index contributed by atoms with van der Waals surface area (Å²) in [7, 11) is 0. The molecule has 0 aliphatic rings. The molecule has 4 aromatic rings. The molecule has 0 bridgehead atoms. The van der Waals surface area contributed by atoms with Crippen molar-refractivity contribution in [3.63, 3.8) is 0 Å². The lowest BCUT2D eigenvalue weighted by atomic mass is 10.0. The minimum atomic E-state index is -1.03. The Kier molecular flexibility index (Phi) is 6.57. The molecule has 5 N–H and O–H groups in total. The molecule has 0 spiro atoms. The predicted octanol–water partition coefficient (Wildman–Crippen LogP) is 2.34. The maximum atomic E-state index is 14.9. The minimum absolute atomic E-state index is 0.0240. The van der Waals surface area contributed by atoms with E-state index in [0.29, 0.717) is 11.3 Å². The number of nitrogens with zero attached hydrogens (tertiary/aromatic N) is 3. The molecule has 1 amide bonds. The van der Waals surface area contributed by atoms with E-state index in [2.05, 4.69) is 20.6 Å². The highest BCUT2D eigenvalue weighted by Gasteiger charge is 2.25. The monoisotopic (exact) mass is 452 g/mol. The summed E-state index contributed by atoms with van der Waals surface area (Å²) in [5, 5.41) is 24.0. The van der Waals surface area contributed by atoms with E-state index >= 15 is 0 Å². The lowest BCUT2D eigenvalue weighted by Crippen LogP contribution is -2.49. The van der Waals surface area contributed by atoms with Crippen molar-refractivity contribution < 1.29 is 18.7 Å². The second-order valence-electron chi connectivity index (χ2n) is 7.45. The summed E-state index contributed by atoms with van der Waals surface area (Å²) < 4.78 is 29.6. The summed E-state index contributed by atoms with van der Waals surface area (Å²) in [4.78, 5) is 13.1. The number of hydrogen-bond donors (Lipinski definition) is 4. The van der Waals surface area contributed by atoms with Crippen molar-refractivity contribution in [2.75, 3.05) is 6.54 Å². The number of amides is 1. The quantitative estimate of drug-likeness (QED) is 0.327. The van der Waals surface area contributed by atoms with Crippen LogP contribution in [0, 0.1) is 11.6 Å². The van der Waals surface area contributed by atoms with Gasteiger partial charge in [0.05, 0.1) is 35.6 Å². The van der Waals surface area contributed by atoms with Crippen LogP contribution in [0.1, 0.15) is 10.4 Å². The zero-order valence-corrected chi connectivity index (χ0v) is 17.5. The Balaban J connectivity index is 1.63. The number of halogens is 2. The summed E-state index contributed by atoms with van der Waals surface area (Å²) in [6, 6.07) is 12.4. The van der Waals surface area contributed by atoms with Crippen molar-refractivity contribution in [3.05, 3.63) is 84.2 Å². The van der Waals surface area contributed by atoms with E-state index < -0.39 is 23.9 Å². The second-order valence-corrected chi connectivity index (χ2v) is 7.45. The molecule has 2 aromatic heterocycles. The molecule has 2 aromatic carbocycles. The van der Waals surface area contributed by atoms with Gasteiger partial charge in [-0.25, -0.2) is 8.78 Å². The van der Waals surface area contributed by atoms with Crippen LogP contribution in [0.3, 0.4) is 0 Å². The van der Waals surface area contributed by atoms with Crippen molar-refractivity contribution in [3.8, 4) is 22.5 Å². The molecular weight excluding hydrogens is 430 g/mol. The SMILES string of the molecule is NCC(O)C(Cn1cccn1)NC(=O)c1cccc(F)c1-c1cc(-c2ccc(F)cc2)n[nH]1. The second kappa shape index (κ2) is 9.72. The van der Waals surface area contributed by atoms with Gasteiger partial charge in [0.1, 0.15) is 11.6 Å². The molecule has 10 heteroatoms. The maximum absolute atomic E-state index is 14.9. The number of rotatable bonds is 8. The molecule has 170 valence electrons. The fourth-order valence-corrected chi connectivity index (χ4v) is 3.49. The predicted molar refractivity (Wildman–Crippen MR) is 118 cm³/mol. The van der Waals surface area contributed by atoms with Gasteiger partial charge < -0.3 is 16.2 Å². The first-order valence-corrected chi connectivity index (χ1v) is 10.2. The highest BCUT2D eigenvalue weighted by atomic mass is 19.1. The largest absolute Gasteiger partial charge is 0.390 e. The number of aliphatic hydroxyl groups excluding tert-OH is 1. The summed E-state index contributed by atoms with van der Waals surface area (Å²) in [6.07, 6.45) is 2.24. The number of benzene rings is 2. The number of carbonyl (C=O) groups excluding carboxylic acids is 1. The van der Waals surface area contributed by atoms with Crippen LogP contribution in [0.4, 0.5) is 8.78 Å². The van der Waals surface area contributed by atoms with Gasteiger partial charge in [0.25, 0.3) is 5.91 Å².